The molecule has 0 saturated carbocycles. The molecular formula is C11H16N2O. The first-order chi connectivity index (χ1) is 6.79. The molecule has 0 aliphatic carbocycles. The molecule has 0 aliphatic rings. The molecule has 14 heavy (non-hydrogen) atoms. The van der Waals surface area contributed by atoms with E-state index in [1.807, 2.05) is 30.3 Å². The Bertz CT molecular complexity index is 270. The summed E-state index contributed by atoms with van der Waals surface area (Å²) in [5, 5.41) is 13.0. The van der Waals surface area contributed by atoms with Crippen molar-refractivity contribution in [3.8, 4) is 0 Å². The minimum Gasteiger partial charge on any atom is -0.393 e. The number of hydrogen-bond donors (Lipinski definition) is 2. The van der Waals surface area contributed by atoms with Crippen molar-refractivity contribution in [1.82, 2.24) is 0 Å². The van der Waals surface area contributed by atoms with Crippen molar-refractivity contribution < 1.29 is 5.11 Å². The van der Waals surface area contributed by atoms with Gasteiger partial charge in [0.15, 0.2) is 0 Å². The van der Waals surface area contributed by atoms with Crippen molar-refractivity contribution in [3.63, 3.8) is 0 Å². The fourth-order valence-electron chi connectivity index (χ4n) is 1.01. The van der Waals surface area contributed by atoms with Crippen LogP contribution in [0.3, 0.4) is 0 Å². The van der Waals surface area contributed by atoms with Gasteiger partial charge in [-0.05, 0) is 31.9 Å². The maximum absolute atomic E-state index is 8.99. The van der Waals surface area contributed by atoms with Crippen LogP contribution in [-0.2, 0) is 0 Å². The molecular weight excluding hydrogens is 176 g/mol. The van der Waals surface area contributed by atoms with E-state index in [0.29, 0.717) is 0 Å². The number of aliphatic hydroxyl groups excluding tert-OH is 1. The Morgan fingerprint density at radius 3 is 2.79 bits per heavy atom. The van der Waals surface area contributed by atoms with Gasteiger partial charge in [0.05, 0.1) is 11.8 Å². The second kappa shape index (κ2) is 6.16. The number of para-hydroxylation sites is 1. The van der Waals surface area contributed by atoms with Gasteiger partial charge in [-0.3, -0.25) is 5.43 Å². The fourth-order valence-corrected chi connectivity index (χ4v) is 1.01. The molecule has 0 spiro atoms. The van der Waals surface area contributed by atoms with Crippen LogP contribution in [0.15, 0.2) is 35.4 Å². The largest absolute Gasteiger partial charge is 0.393 e. The SMILES string of the molecule is C[C@H](O)CC/C=N/Nc1ccccc1. The van der Waals surface area contributed by atoms with Crippen LogP contribution in [0.5, 0.6) is 0 Å². The molecule has 3 heteroatoms. The minimum atomic E-state index is -0.252. The van der Waals surface area contributed by atoms with Crippen LogP contribution in [0, 0.1) is 0 Å². The summed E-state index contributed by atoms with van der Waals surface area (Å²) in [5.74, 6) is 0. The summed E-state index contributed by atoms with van der Waals surface area (Å²) < 4.78 is 0. The lowest BCUT2D eigenvalue weighted by Gasteiger charge is -2.00. The molecule has 0 heterocycles. The molecule has 2 N–H and O–H groups in total. The highest BCUT2D eigenvalue weighted by Crippen LogP contribution is 2.04. The number of nitrogens with zero attached hydrogens (tertiary/aromatic N) is 1. The number of rotatable bonds is 5. The van der Waals surface area contributed by atoms with Crippen molar-refractivity contribution in [3.05, 3.63) is 30.3 Å². The molecule has 1 rings (SSSR count). The van der Waals surface area contributed by atoms with Crippen molar-refractivity contribution in [2.75, 3.05) is 5.43 Å². The number of aliphatic hydroxyl groups is 1. The van der Waals surface area contributed by atoms with Gasteiger partial charge in [-0.1, -0.05) is 18.2 Å². The van der Waals surface area contributed by atoms with Gasteiger partial charge >= 0.3 is 0 Å². The fraction of sp³-hybridized carbons (Fsp3) is 0.364. The Morgan fingerprint density at radius 1 is 1.43 bits per heavy atom. The van der Waals surface area contributed by atoms with Crippen molar-refractivity contribution in [1.29, 1.82) is 0 Å². The normalized spacial score (nSPS) is 13.0. The lowest BCUT2D eigenvalue weighted by atomic mass is 10.2. The molecule has 0 bridgehead atoms. The van der Waals surface area contributed by atoms with E-state index in [4.69, 9.17) is 5.11 Å². The topological polar surface area (TPSA) is 44.6 Å². The summed E-state index contributed by atoms with van der Waals surface area (Å²) in [6.45, 7) is 1.78. The predicted octanol–water partition coefficient (Wildman–Crippen LogP) is 2.25. The van der Waals surface area contributed by atoms with Crippen LogP contribution in [0.4, 0.5) is 5.69 Å². The van der Waals surface area contributed by atoms with Gasteiger partial charge in [-0.25, -0.2) is 0 Å². The zero-order valence-electron chi connectivity index (χ0n) is 8.35. The third-order valence-electron chi connectivity index (χ3n) is 1.77. The molecule has 0 fully saturated rings. The highest BCUT2D eigenvalue weighted by Gasteiger charge is 1.91. The smallest absolute Gasteiger partial charge is 0.0561 e. The second-order valence-corrected chi connectivity index (χ2v) is 3.22. The Labute approximate surface area is 84.5 Å². The summed E-state index contributed by atoms with van der Waals surface area (Å²) in [4.78, 5) is 0. The third-order valence-corrected chi connectivity index (χ3v) is 1.77. The van der Waals surface area contributed by atoms with Crippen molar-refractivity contribution >= 4 is 11.9 Å². The van der Waals surface area contributed by atoms with Gasteiger partial charge in [-0.15, -0.1) is 0 Å². The molecule has 0 aromatic heterocycles. The van der Waals surface area contributed by atoms with Crippen LogP contribution in [0.25, 0.3) is 0 Å². The first-order valence-corrected chi connectivity index (χ1v) is 4.79. The van der Waals surface area contributed by atoms with Gasteiger partial charge in [0.2, 0.25) is 0 Å². The molecule has 0 aliphatic heterocycles. The molecule has 0 saturated heterocycles. The molecule has 3 nitrogen and oxygen atoms in total. The van der Waals surface area contributed by atoms with Crippen LogP contribution in [0.1, 0.15) is 19.8 Å². The Balaban J connectivity index is 2.21. The number of hydrogen-bond acceptors (Lipinski definition) is 3. The molecule has 1 atom stereocenters. The van der Waals surface area contributed by atoms with E-state index in [1.165, 1.54) is 0 Å². The molecule has 0 amide bonds. The summed E-state index contributed by atoms with van der Waals surface area (Å²) in [7, 11) is 0. The van der Waals surface area contributed by atoms with Crippen molar-refractivity contribution in [2.24, 2.45) is 5.10 Å². The highest BCUT2D eigenvalue weighted by molar-refractivity contribution is 5.59. The van der Waals surface area contributed by atoms with Crippen LogP contribution in [0.2, 0.25) is 0 Å². The van der Waals surface area contributed by atoms with E-state index in [0.717, 1.165) is 18.5 Å². The van der Waals surface area contributed by atoms with E-state index in [1.54, 1.807) is 13.1 Å². The first-order valence-electron chi connectivity index (χ1n) is 4.79. The van der Waals surface area contributed by atoms with Gasteiger partial charge in [0.1, 0.15) is 0 Å². The number of anilines is 1. The maximum atomic E-state index is 8.99. The monoisotopic (exact) mass is 192 g/mol. The van der Waals surface area contributed by atoms with E-state index >= 15 is 0 Å². The quantitative estimate of drug-likeness (QED) is 0.555. The van der Waals surface area contributed by atoms with Gasteiger partial charge in [0, 0.05) is 6.21 Å². The van der Waals surface area contributed by atoms with E-state index in [2.05, 4.69) is 10.5 Å². The molecule has 0 radical (unpaired) electrons. The van der Waals surface area contributed by atoms with Crippen LogP contribution in [-0.4, -0.2) is 17.4 Å². The second-order valence-electron chi connectivity index (χ2n) is 3.22. The Hall–Kier alpha value is -1.35. The Morgan fingerprint density at radius 2 is 2.14 bits per heavy atom. The summed E-state index contributed by atoms with van der Waals surface area (Å²) in [6, 6.07) is 9.77. The van der Waals surface area contributed by atoms with E-state index < -0.39 is 0 Å². The summed E-state index contributed by atoms with van der Waals surface area (Å²) >= 11 is 0. The maximum Gasteiger partial charge on any atom is 0.0561 e. The lowest BCUT2D eigenvalue weighted by Crippen LogP contribution is -1.99. The van der Waals surface area contributed by atoms with Crippen molar-refractivity contribution in [2.45, 2.75) is 25.9 Å². The first kappa shape index (κ1) is 10.7. The lowest BCUT2D eigenvalue weighted by molar-refractivity contribution is 0.187. The third kappa shape index (κ3) is 4.62. The molecule has 1 aromatic rings. The van der Waals surface area contributed by atoms with Gasteiger partial charge < -0.3 is 5.11 Å². The van der Waals surface area contributed by atoms with Crippen LogP contribution < -0.4 is 5.43 Å². The van der Waals surface area contributed by atoms with E-state index in [9.17, 15) is 0 Å². The zero-order chi connectivity index (χ0) is 10.2. The van der Waals surface area contributed by atoms with Crippen LogP contribution >= 0.6 is 0 Å². The number of hydrazone groups is 1. The summed E-state index contributed by atoms with van der Waals surface area (Å²) in [6.07, 6.45) is 3.06. The molecule has 1 aromatic carbocycles. The average molecular weight is 192 g/mol. The van der Waals surface area contributed by atoms with Gasteiger partial charge in [-0.2, -0.15) is 5.10 Å². The number of benzene rings is 1. The van der Waals surface area contributed by atoms with Gasteiger partial charge in [0.25, 0.3) is 0 Å². The Kier molecular flexibility index (Phi) is 4.72. The van der Waals surface area contributed by atoms with E-state index in [-0.39, 0.29) is 6.10 Å². The minimum absolute atomic E-state index is 0.252. The molecule has 76 valence electrons. The molecule has 0 unspecified atom stereocenters. The average Bonchev–Trinajstić information content (AvgIpc) is 2.18. The standard InChI is InChI=1S/C11H16N2O/c1-10(14)6-5-9-12-13-11-7-3-2-4-8-11/h2-4,7-10,13-14H,5-6H2,1H3/b12-9+/t10-/m0/s1. The predicted molar refractivity (Wildman–Crippen MR) is 59.5 cm³/mol. The number of nitrogens with one attached hydrogen (secondary N) is 1. The summed E-state index contributed by atoms with van der Waals surface area (Å²) in [5.41, 5.74) is 3.88. The zero-order valence-corrected chi connectivity index (χ0v) is 8.35. The highest BCUT2D eigenvalue weighted by atomic mass is 16.3.